The summed E-state index contributed by atoms with van der Waals surface area (Å²) in [6.45, 7) is 2.59. The fraction of sp³-hybridized carbons (Fsp3) is 0.353. The molecule has 25 heavy (non-hydrogen) atoms. The maximum absolute atomic E-state index is 12.0. The molecule has 3 aromatic rings. The van der Waals surface area contributed by atoms with Gasteiger partial charge in [0.2, 0.25) is 0 Å². The molecular formula is C17H19N5O3. The van der Waals surface area contributed by atoms with Crippen molar-refractivity contribution in [2.24, 2.45) is 0 Å². The van der Waals surface area contributed by atoms with Crippen LogP contribution in [0.2, 0.25) is 0 Å². The summed E-state index contributed by atoms with van der Waals surface area (Å²) in [5.74, 6) is 1.58. The second-order valence-corrected chi connectivity index (χ2v) is 5.88. The molecule has 0 bridgehead atoms. The van der Waals surface area contributed by atoms with E-state index in [0.717, 1.165) is 24.5 Å². The minimum atomic E-state index is -0.0621. The largest absolute Gasteiger partial charge is 0.486 e. The van der Waals surface area contributed by atoms with Crippen LogP contribution in [0.5, 0.6) is 11.5 Å². The van der Waals surface area contributed by atoms with Crippen molar-refractivity contribution >= 4 is 5.65 Å². The highest BCUT2D eigenvalue weighted by atomic mass is 16.6. The summed E-state index contributed by atoms with van der Waals surface area (Å²) in [6, 6.07) is 10.9. The zero-order valence-corrected chi connectivity index (χ0v) is 13.7. The van der Waals surface area contributed by atoms with Crippen LogP contribution < -0.4 is 20.3 Å². The molecule has 0 fully saturated rings. The molecule has 1 aliphatic rings. The smallest absolute Gasteiger partial charge is 0.265 e. The van der Waals surface area contributed by atoms with Gasteiger partial charge in [-0.25, -0.2) is 9.20 Å². The summed E-state index contributed by atoms with van der Waals surface area (Å²) in [5, 5.41) is 11.1. The molecule has 1 N–H and O–H groups in total. The Morgan fingerprint density at radius 1 is 1.20 bits per heavy atom. The van der Waals surface area contributed by atoms with E-state index in [4.69, 9.17) is 9.47 Å². The monoisotopic (exact) mass is 341 g/mol. The molecular weight excluding hydrogens is 322 g/mol. The Balaban J connectivity index is 1.26. The lowest BCUT2D eigenvalue weighted by molar-refractivity contribution is 0.0904. The summed E-state index contributed by atoms with van der Waals surface area (Å²) in [6.07, 6.45) is 2.34. The van der Waals surface area contributed by atoms with Gasteiger partial charge < -0.3 is 14.8 Å². The number of benzene rings is 1. The van der Waals surface area contributed by atoms with E-state index in [1.165, 1.54) is 6.07 Å². The normalized spacial score (nSPS) is 16.2. The van der Waals surface area contributed by atoms with Crippen LogP contribution in [-0.2, 0) is 6.54 Å². The molecule has 3 heterocycles. The number of aryl methyl sites for hydroxylation is 1. The van der Waals surface area contributed by atoms with Crippen molar-refractivity contribution in [2.75, 3.05) is 19.7 Å². The van der Waals surface area contributed by atoms with Gasteiger partial charge in [0.15, 0.2) is 17.1 Å². The van der Waals surface area contributed by atoms with Gasteiger partial charge in [-0.15, -0.1) is 10.2 Å². The minimum Gasteiger partial charge on any atom is -0.486 e. The SMILES string of the molecule is O=c1ccc2nncn2n1CCCNCC1COc2ccccc2O1. The van der Waals surface area contributed by atoms with E-state index in [-0.39, 0.29) is 11.7 Å². The number of rotatable bonds is 6. The van der Waals surface area contributed by atoms with E-state index < -0.39 is 0 Å². The highest BCUT2D eigenvalue weighted by Gasteiger charge is 2.19. The minimum absolute atomic E-state index is 0.0149. The lowest BCUT2D eigenvalue weighted by Gasteiger charge is -2.26. The van der Waals surface area contributed by atoms with Gasteiger partial charge in [-0.3, -0.25) is 4.79 Å². The predicted molar refractivity (Wildman–Crippen MR) is 91.1 cm³/mol. The molecule has 2 aromatic heterocycles. The average molecular weight is 341 g/mol. The highest BCUT2D eigenvalue weighted by Crippen LogP contribution is 2.30. The summed E-state index contributed by atoms with van der Waals surface area (Å²) >= 11 is 0. The molecule has 0 spiro atoms. The fourth-order valence-electron chi connectivity index (χ4n) is 2.87. The Morgan fingerprint density at radius 2 is 2.08 bits per heavy atom. The molecule has 0 saturated carbocycles. The number of nitrogens with one attached hydrogen (secondary N) is 1. The summed E-state index contributed by atoms with van der Waals surface area (Å²) in [5.41, 5.74) is 0.604. The number of aromatic nitrogens is 4. The number of nitrogens with zero attached hydrogens (tertiary/aromatic N) is 4. The van der Waals surface area contributed by atoms with Crippen molar-refractivity contribution in [3.05, 3.63) is 53.1 Å². The van der Waals surface area contributed by atoms with E-state index in [9.17, 15) is 4.79 Å². The molecule has 4 rings (SSSR count). The van der Waals surface area contributed by atoms with Crippen LogP contribution in [-0.4, -0.2) is 45.2 Å². The number of hydrogen-bond donors (Lipinski definition) is 1. The van der Waals surface area contributed by atoms with E-state index in [1.54, 1.807) is 21.6 Å². The third kappa shape index (κ3) is 3.34. The van der Waals surface area contributed by atoms with Gasteiger partial charge in [0.1, 0.15) is 19.0 Å². The molecule has 1 aromatic carbocycles. The number of para-hydroxylation sites is 2. The van der Waals surface area contributed by atoms with E-state index in [1.807, 2.05) is 24.3 Å². The molecule has 1 aliphatic heterocycles. The van der Waals surface area contributed by atoms with Crippen molar-refractivity contribution in [1.29, 1.82) is 0 Å². The predicted octanol–water partition coefficient (Wildman–Crippen LogP) is 0.711. The standard InChI is InChI=1S/C17H19N5O3/c23-17-7-6-16-20-19-12-22(16)21(17)9-3-8-18-10-13-11-24-14-4-1-2-5-15(14)25-13/h1-2,4-7,12-13,18H,3,8-11H2. The maximum Gasteiger partial charge on any atom is 0.265 e. The quantitative estimate of drug-likeness (QED) is 0.665. The maximum atomic E-state index is 12.0. The first-order valence-corrected chi connectivity index (χ1v) is 8.30. The first kappa shape index (κ1) is 15.6. The van der Waals surface area contributed by atoms with Crippen LogP contribution in [0.4, 0.5) is 0 Å². The van der Waals surface area contributed by atoms with Gasteiger partial charge in [0, 0.05) is 19.2 Å². The first-order chi connectivity index (χ1) is 12.3. The third-order valence-electron chi connectivity index (χ3n) is 4.11. The van der Waals surface area contributed by atoms with Gasteiger partial charge in [0.25, 0.3) is 5.56 Å². The Morgan fingerprint density at radius 3 is 3.00 bits per heavy atom. The summed E-state index contributed by atoms with van der Waals surface area (Å²) in [7, 11) is 0. The van der Waals surface area contributed by atoms with Crippen molar-refractivity contribution in [3.8, 4) is 11.5 Å². The number of hydrogen-bond acceptors (Lipinski definition) is 6. The lowest BCUT2D eigenvalue weighted by Crippen LogP contribution is -2.39. The van der Waals surface area contributed by atoms with Crippen molar-refractivity contribution < 1.29 is 9.47 Å². The van der Waals surface area contributed by atoms with Crippen molar-refractivity contribution in [3.63, 3.8) is 0 Å². The molecule has 0 aliphatic carbocycles. The number of ether oxygens (including phenoxy) is 2. The van der Waals surface area contributed by atoms with Crippen molar-refractivity contribution in [1.82, 2.24) is 24.7 Å². The van der Waals surface area contributed by atoms with Crippen molar-refractivity contribution in [2.45, 2.75) is 19.1 Å². The molecule has 130 valence electrons. The lowest BCUT2D eigenvalue weighted by atomic mass is 10.2. The molecule has 0 saturated heterocycles. The van der Waals surface area contributed by atoms with Crippen LogP contribution in [0.25, 0.3) is 5.65 Å². The molecule has 8 heteroatoms. The second-order valence-electron chi connectivity index (χ2n) is 5.88. The van der Waals surface area contributed by atoms with E-state index in [0.29, 0.717) is 25.3 Å². The Hall–Kier alpha value is -2.87. The van der Waals surface area contributed by atoms with Crippen LogP contribution in [0.1, 0.15) is 6.42 Å². The molecule has 0 radical (unpaired) electrons. The van der Waals surface area contributed by atoms with Crippen LogP contribution in [0.3, 0.4) is 0 Å². The van der Waals surface area contributed by atoms with E-state index >= 15 is 0 Å². The van der Waals surface area contributed by atoms with Crippen LogP contribution >= 0.6 is 0 Å². The number of fused-ring (bicyclic) bond motifs is 2. The topological polar surface area (TPSA) is 82.7 Å². The molecule has 0 amide bonds. The van der Waals surface area contributed by atoms with Gasteiger partial charge in [-0.05, 0) is 31.2 Å². The summed E-state index contributed by atoms with van der Waals surface area (Å²) < 4.78 is 14.9. The molecule has 8 nitrogen and oxygen atoms in total. The van der Waals surface area contributed by atoms with Crippen LogP contribution in [0, 0.1) is 0 Å². The zero-order valence-electron chi connectivity index (χ0n) is 13.7. The van der Waals surface area contributed by atoms with Gasteiger partial charge in [-0.2, -0.15) is 0 Å². The van der Waals surface area contributed by atoms with Gasteiger partial charge in [0.05, 0.1) is 0 Å². The Labute approximate surface area is 144 Å². The van der Waals surface area contributed by atoms with E-state index in [2.05, 4.69) is 15.5 Å². The molecule has 1 atom stereocenters. The van der Waals surface area contributed by atoms with Gasteiger partial charge in [-0.1, -0.05) is 12.1 Å². The highest BCUT2D eigenvalue weighted by molar-refractivity contribution is 5.40. The Kier molecular flexibility index (Phi) is 4.34. The fourth-order valence-corrected chi connectivity index (χ4v) is 2.87. The zero-order chi connectivity index (χ0) is 17.1. The average Bonchev–Trinajstić information content (AvgIpc) is 3.12. The Bertz CT molecular complexity index is 920. The van der Waals surface area contributed by atoms with Crippen LogP contribution in [0.15, 0.2) is 47.5 Å². The van der Waals surface area contributed by atoms with Gasteiger partial charge >= 0.3 is 0 Å². The third-order valence-corrected chi connectivity index (χ3v) is 4.11. The second kappa shape index (κ2) is 6.94. The molecule has 1 unspecified atom stereocenters. The summed E-state index contributed by atoms with van der Waals surface area (Å²) in [4.78, 5) is 12.0. The first-order valence-electron chi connectivity index (χ1n) is 8.30.